The maximum Gasteiger partial charge on any atom is 0.227 e. The SMILES string of the molecule is CN(C)C(=O)[C@H]1CN(C2CCOCC2)CCN(S(C)(=O)=O)C1. The minimum absolute atomic E-state index is 0.00684. The highest BCUT2D eigenvalue weighted by molar-refractivity contribution is 7.88. The van der Waals surface area contributed by atoms with Gasteiger partial charge in [-0.15, -0.1) is 0 Å². The van der Waals surface area contributed by atoms with Crippen molar-refractivity contribution in [2.24, 2.45) is 5.92 Å². The zero-order valence-corrected chi connectivity index (χ0v) is 14.5. The Balaban J connectivity index is 2.16. The first-order valence-corrected chi connectivity index (χ1v) is 9.62. The van der Waals surface area contributed by atoms with Gasteiger partial charge in [0.2, 0.25) is 15.9 Å². The molecule has 8 heteroatoms. The minimum Gasteiger partial charge on any atom is -0.381 e. The van der Waals surface area contributed by atoms with Crippen LogP contribution in [0.15, 0.2) is 0 Å². The lowest BCUT2D eigenvalue weighted by Crippen LogP contribution is -2.45. The summed E-state index contributed by atoms with van der Waals surface area (Å²) in [5.74, 6) is -0.317. The van der Waals surface area contributed by atoms with Gasteiger partial charge in [-0.05, 0) is 12.8 Å². The second-order valence-electron chi connectivity index (χ2n) is 6.39. The predicted octanol–water partition coefficient (Wildman–Crippen LogP) is -0.553. The molecule has 0 aliphatic carbocycles. The Morgan fingerprint density at radius 3 is 2.32 bits per heavy atom. The molecular formula is C14H27N3O4S. The van der Waals surface area contributed by atoms with E-state index in [-0.39, 0.29) is 18.4 Å². The van der Waals surface area contributed by atoms with Crippen LogP contribution in [-0.2, 0) is 19.6 Å². The normalized spacial score (nSPS) is 26.6. The number of carbonyl (C=O) groups is 1. The summed E-state index contributed by atoms with van der Waals surface area (Å²) < 4.78 is 30.7. The maximum atomic E-state index is 12.4. The van der Waals surface area contributed by atoms with Gasteiger partial charge in [-0.2, -0.15) is 0 Å². The molecule has 128 valence electrons. The van der Waals surface area contributed by atoms with E-state index < -0.39 is 10.0 Å². The molecule has 0 saturated carbocycles. The highest BCUT2D eigenvalue weighted by Gasteiger charge is 2.35. The van der Waals surface area contributed by atoms with Gasteiger partial charge >= 0.3 is 0 Å². The Morgan fingerprint density at radius 2 is 1.77 bits per heavy atom. The van der Waals surface area contributed by atoms with Crippen molar-refractivity contribution in [2.45, 2.75) is 18.9 Å². The average Bonchev–Trinajstić information content (AvgIpc) is 2.70. The van der Waals surface area contributed by atoms with Crippen molar-refractivity contribution in [3.05, 3.63) is 0 Å². The largest absolute Gasteiger partial charge is 0.381 e. The summed E-state index contributed by atoms with van der Waals surface area (Å²) in [6.45, 7) is 3.50. The number of sulfonamides is 1. The van der Waals surface area contributed by atoms with E-state index in [9.17, 15) is 13.2 Å². The van der Waals surface area contributed by atoms with E-state index in [2.05, 4.69) is 4.90 Å². The third-order valence-electron chi connectivity index (χ3n) is 4.48. The summed E-state index contributed by atoms with van der Waals surface area (Å²) in [6.07, 6.45) is 3.11. The Kier molecular flexibility index (Phi) is 5.81. The maximum absolute atomic E-state index is 12.4. The minimum atomic E-state index is -3.28. The molecule has 0 bridgehead atoms. The number of rotatable bonds is 3. The van der Waals surface area contributed by atoms with Crippen LogP contribution < -0.4 is 0 Å². The molecule has 0 aromatic rings. The quantitative estimate of drug-likeness (QED) is 0.693. The lowest BCUT2D eigenvalue weighted by molar-refractivity contribution is -0.133. The van der Waals surface area contributed by atoms with Crippen molar-refractivity contribution in [2.75, 3.05) is 59.7 Å². The van der Waals surface area contributed by atoms with Crippen LogP contribution in [0.5, 0.6) is 0 Å². The Morgan fingerprint density at radius 1 is 1.14 bits per heavy atom. The van der Waals surface area contributed by atoms with Gasteiger partial charge < -0.3 is 9.64 Å². The lowest BCUT2D eigenvalue weighted by atomic mass is 10.0. The van der Waals surface area contributed by atoms with E-state index in [1.54, 1.807) is 19.0 Å². The third kappa shape index (κ3) is 4.41. The first kappa shape index (κ1) is 17.7. The van der Waals surface area contributed by atoms with Gasteiger partial charge in [-0.1, -0.05) is 0 Å². The van der Waals surface area contributed by atoms with Gasteiger partial charge in [-0.3, -0.25) is 9.69 Å². The molecule has 7 nitrogen and oxygen atoms in total. The first-order valence-electron chi connectivity index (χ1n) is 7.77. The Bertz CT molecular complexity index is 488. The third-order valence-corrected chi connectivity index (χ3v) is 5.75. The summed E-state index contributed by atoms with van der Waals surface area (Å²) in [4.78, 5) is 16.2. The van der Waals surface area contributed by atoms with E-state index in [0.717, 1.165) is 26.1 Å². The molecule has 0 unspecified atom stereocenters. The van der Waals surface area contributed by atoms with Crippen molar-refractivity contribution >= 4 is 15.9 Å². The second-order valence-corrected chi connectivity index (χ2v) is 8.37. The highest BCUT2D eigenvalue weighted by Crippen LogP contribution is 2.21. The van der Waals surface area contributed by atoms with E-state index in [1.165, 1.54) is 10.6 Å². The summed E-state index contributed by atoms with van der Waals surface area (Å²) in [5, 5.41) is 0. The van der Waals surface area contributed by atoms with Crippen LogP contribution in [-0.4, -0.2) is 94.2 Å². The lowest BCUT2D eigenvalue weighted by Gasteiger charge is -2.34. The molecule has 0 radical (unpaired) electrons. The average molecular weight is 333 g/mol. The molecule has 2 aliphatic rings. The highest BCUT2D eigenvalue weighted by atomic mass is 32.2. The fraction of sp³-hybridized carbons (Fsp3) is 0.929. The number of hydrogen-bond acceptors (Lipinski definition) is 5. The standard InChI is InChI=1S/C14H27N3O4S/c1-15(2)14(18)12-10-16(13-4-8-21-9-5-13)6-7-17(11-12)22(3,19)20/h12-13H,4-11H2,1-3H3/t12-/m0/s1. The Labute approximate surface area is 133 Å². The molecule has 2 fully saturated rings. The number of ether oxygens (including phenoxy) is 1. The van der Waals surface area contributed by atoms with Crippen LogP contribution in [0.1, 0.15) is 12.8 Å². The van der Waals surface area contributed by atoms with Crippen molar-refractivity contribution in [1.29, 1.82) is 0 Å². The molecule has 2 rings (SSSR count). The van der Waals surface area contributed by atoms with Crippen LogP contribution in [0.2, 0.25) is 0 Å². The number of nitrogens with zero attached hydrogens (tertiary/aromatic N) is 3. The molecule has 0 aromatic carbocycles. The van der Waals surface area contributed by atoms with E-state index >= 15 is 0 Å². The van der Waals surface area contributed by atoms with Crippen LogP contribution in [0.4, 0.5) is 0 Å². The summed E-state index contributed by atoms with van der Waals surface area (Å²) in [6, 6.07) is 0.380. The van der Waals surface area contributed by atoms with Gasteiger partial charge in [0.1, 0.15) is 0 Å². The Hall–Kier alpha value is -0.700. The van der Waals surface area contributed by atoms with Crippen LogP contribution in [0.3, 0.4) is 0 Å². The zero-order valence-electron chi connectivity index (χ0n) is 13.7. The van der Waals surface area contributed by atoms with Gasteiger partial charge in [0, 0.05) is 59.5 Å². The topological polar surface area (TPSA) is 70.2 Å². The van der Waals surface area contributed by atoms with Crippen molar-refractivity contribution in [1.82, 2.24) is 14.1 Å². The fourth-order valence-corrected chi connectivity index (χ4v) is 4.08. The molecule has 22 heavy (non-hydrogen) atoms. The van der Waals surface area contributed by atoms with Crippen LogP contribution in [0.25, 0.3) is 0 Å². The molecule has 0 N–H and O–H groups in total. The zero-order chi connectivity index (χ0) is 16.3. The summed E-state index contributed by atoms with van der Waals surface area (Å²) in [5.41, 5.74) is 0. The first-order chi connectivity index (χ1) is 10.3. The summed E-state index contributed by atoms with van der Waals surface area (Å²) in [7, 11) is 0.154. The van der Waals surface area contributed by atoms with Crippen molar-refractivity contribution < 1.29 is 17.9 Å². The van der Waals surface area contributed by atoms with Crippen LogP contribution >= 0.6 is 0 Å². The van der Waals surface area contributed by atoms with Crippen LogP contribution in [0, 0.1) is 5.92 Å². The molecule has 0 spiro atoms. The molecular weight excluding hydrogens is 306 g/mol. The monoisotopic (exact) mass is 333 g/mol. The molecule has 1 atom stereocenters. The van der Waals surface area contributed by atoms with Gasteiger partial charge in [-0.25, -0.2) is 12.7 Å². The molecule has 1 amide bonds. The van der Waals surface area contributed by atoms with Gasteiger partial charge in [0.15, 0.2) is 0 Å². The van der Waals surface area contributed by atoms with E-state index in [1.807, 2.05) is 0 Å². The molecule has 2 heterocycles. The smallest absolute Gasteiger partial charge is 0.227 e. The van der Waals surface area contributed by atoms with Crippen molar-refractivity contribution in [3.63, 3.8) is 0 Å². The van der Waals surface area contributed by atoms with E-state index in [4.69, 9.17) is 4.74 Å². The molecule has 0 aromatic heterocycles. The fourth-order valence-electron chi connectivity index (χ4n) is 3.21. The number of amides is 1. The van der Waals surface area contributed by atoms with Gasteiger partial charge in [0.05, 0.1) is 12.2 Å². The predicted molar refractivity (Wildman–Crippen MR) is 84.0 cm³/mol. The summed E-state index contributed by atoms with van der Waals surface area (Å²) >= 11 is 0. The van der Waals surface area contributed by atoms with Gasteiger partial charge in [0.25, 0.3) is 0 Å². The molecule has 2 saturated heterocycles. The number of hydrogen-bond donors (Lipinski definition) is 0. The van der Waals surface area contributed by atoms with E-state index in [0.29, 0.717) is 25.7 Å². The second kappa shape index (κ2) is 7.25. The van der Waals surface area contributed by atoms with Crippen molar-refractivity contribution in [3.8, 4) is 0 Å². The number of carbonyl (C=O) groups excluding carboxylic acids is 1. The molecule has 2 aliphatic heterocycles.